The van der Waals surface area contributed by atoms with E-state index in [2.05, 4.69) is 25.7 Å². The molecule has 0 aliphatic carbocycles. The molecule has 0 aromatic heterocycles. The Labute approximate surface area is 83.7 Å². The topological polar surface area (TPSA) is 3.24 Å². The number of nitrogens with zero attached hydrogens (tertiary/aromatic N) is 1. The zero-order valence-electron chi connectivity index (χ0n) is 8.40. The molecule has 0 atom stereocenters. The van der Waals surface area contributed by atoms with Crippen LogP contribution in [0.2, 0.25) is 0 Å². The van der Waals surface area contributed by atoms with Crippen LogP contribution in [-0.4, -0.2) is 24.5 Å². The molecular formula is C9H20LiN. The Morgan fingerprint density at radius 1 is 1.18 bits per heavy atom. The van der Waals surface area contributed by atoms with Crippen LogP contribution in [0.25, 0.3) is 0 Å². The Kier molecular flexibility index (Phi) is 13.5. The summed E-state index contributed by atoms with van der Waals surface area (Å²) in [5.74, 6) is 0. The van der Waals surface area contributed by atoms with Crippen molar-refractivity contribution in [3.8, 4) is 0 Å². The summed E-state index contributed by atoms with van der Waals surface area (Å²) in [5, 5.41) is 0. The molecule has 0 unspecified atom stereocenters. The van der Waals surface area contributed by atoms with Gasteiger partial charge in [0.25, 0.3) is 0 Å². The van der Waals surface area contributed by atoms with E-state index >= 15 is 0 Å². The number of hydrogen-bond donors (Lipinski definition) is 0. The molecule has 0 radical (unpaired) electrons. The quantitative estimate of drug-likeness (QED) is 0.358. The molecule has 0 saturated carbocycles. The van der Waals surface area contributed by atoms with Crippen molar-refractivity contribution in [3.05, 3.63) is 6.92 Å². The molecule has 0 heterocycles. The van der Waals surface area contributed by atoms with Gasteiger partial charge in [0, 0.05) is 0 Å². The zero-order chi connectivity index (χ0) is 7.82. The Balaban J connectivity index is 0. The molecule has 0 aliphatic rings. The third kappa shape index (κ3) is 8.46. The standard InChI is InChI=1S/C9H20N.Li/c1-4-7-9-10(6-3)8-5-2;/h2,4-9H2,1,3H3;/q-1;+1. The van der Waals surface area contributed by atoms with Crippen molar-refractivity contribution in [2.24, 2.45) is 0 Å². The van der Waals surface area contributed by atoms with Crippen molar-refractivity contribution in [1.29, 1.82) is 0 Å². The first-order chi connectivity index (χ1) is 4.85. The SMILES string of the molecule is [CH2-]CCN(CC)CCCC.[Li+]. The van der Waals surface area contributed by atoms with Crippen molar-refractivity contribution in [1.82, 2.24) is 4.90 Å². The maximum atomic E-state index is 3.84. The van der Waals surface area contributed by atoms with Crippen LogP contribution in [-0.2, 0) is 0 Å². The zero-order valence-corrected chi connectivity index (χ0v) is 8.40. The van der Waals surface area contributed by atoms with Gasteiger partial charge < -0.3 is 11.8 Å². The normalized spacial score (nSPS) is 9.82. The van der Waals surface area contributed by atoms with E-state index in [1.165, 1.54) is 25.9 Å². The monoisotopic (exact) mass is 149 g/mol. The summed E-state index contributed by atoms with van der Waals surface area (Å²) in [5.41, 5.74) is 0. The summed E-state index contributed by atoms with van der Waals surface area (Å²) < 4.78 is 0. The molecular weight excluding hydrogens is 129 g/mol. The third-order valence-corrected chi connectivity index (χ3v) is 1.75. The fourth-order valence-electron chi connectivity index (χ4n) is 1.03. The Hall–Kier alpha value is 0.557. The van der Waals surface area contributed by atoms with E-state index in [1.54, 1.807) is 0 Å². The van der Waals surface area contributed by atoms with Gasteiger partial charge in [0.05, 0.1) is 0 Å². The van der Waals surface area contributed by atoms with Gasteiger partial charge in [0.15, 0.2) is 0 Å². The smallest absolute Gasteiger partial charge is 0.342 e. The molecule has 62 valence electrons. The molecule has 0 aromatic carbocycles. The first-order valence-corrected chi connectivity index (χ1v) is 4.36. The van der Waals surface area contributed by atoms with Crippen LogP contribution in [0.3, 0.4) is 0 Å². The van der Waals surface area contributed by atoms with Gasteiger partial charge in [-0.1, -0.05) is 20.3 Å². The van der Waals surface area contributed by atoms with Crippen LogP contribution in [0, 0.1) is 6.92 Å². The molecule has 0 bridgehead atoms. The van der Waals surface area contributed by atoms with E-state index in [4.69, 9.17) is 0 Å². The summed E-state index contributed by atoms with van der Waals surface area (Å²) in [6, 6.07) is 0. The molecule has 0 fully saturated rings. The Morgan fingerprint density at radius 2 is 1.82 bits per heavy atom. The van der Waals surface area contributed by atoms with Crippen molar-refractivity contribution < 1.29 is 18.9 Å². The van der Waals surface area contributed by atoms with Crippen molar-refractivity contribution in [2.75, 3.05) is 19.6 Å². The molecule has 0 aromatic rings. The average molecular weight is 149 g/mol. The predicted molar refractivity (Wildman–Crippen MR) is 47.0 cm³/mol. The largest absolute Gasteiger partial charge is 1.00 e. The van der Waals surface area contributed by atoms with E-state index in [9.17, 15) is 0 Å². The summed E-state index contributed by atoms with van der Waals surface area (Å²) in [4.78, 5) is 2.45. The minimum absolute atomic E-state index is 0. The number of unbranched alkanes of at least 4 members (excludes halogenated alkanes) is 1. The summed E-state index contributed by atoms with van der Waals surface area (Å²) in [6.45, 7) is 11.9. The van der Waals surface area contributed by atoms with Gasteiger partial charge in [-0.15, -0.1) is 0 Å². The third-order valence-electron chi connectivity index (χ3n) is 1.75. The van der Waals surface area contributed by atoms with E-state index in [1.807, 2.05) is 0 Å². The van der Waals surface area contributed by atoms with E-state index in [0.717, 1.165) is 13.0 Å². The first kappa shape index (κ1) is 14.1. The van der Waals surface area contributed by atoms with Crippen LogP contribution in [0.4, 0.5) is 0 Å². The summed E-state index contributed by atoms with van der Waals surface area (Å²) in [6.07, 6.45) is 3.67. The molecule has 2 heteroatoms. The number of rotatable bonds is 6. The van der Waals surface area contributed by atoms with Crippen LogP contribution < -0.4 is 18.9 Å². The average Bonchev–Trinajstić information content (AvgIpc) is 1.98. The molecule has 0 rings (SSSR count). The molecule has 0 N–H and O–H groups in total. The minimum Gasteiger partial charge on any atom is -0.342 e. The summed E-state index contributed by atoms with van der Waals surface area (Å²) >= 11 is 0. The molecule has 0 spiro atoms. The second-order valence-corrected chi connectivity index (χ2v) is 2.64. The second kappa shape index (κ2) is 10.6. The van der Waals surface area contributed by atoms with Crippen LogP contribution in [0.15, 0.2) is 0 Å². The maximum Gasteiger partial charge on any atom is 1.00 e. The van der Waals surface area contributed by atoms with Gasteiger partial charge in [-0.3, -0.25) is 0 Å². The molecule has 1 nitrogen and oxygen atoms in total. The first-order valence-electron chi connectivity index (χ1n) is 4.36. The van der Waals surface area contributed by atoms with Crippen molar-refractivity contribution in [2.45, 2.75) is 33.1 Å². The second-order valence-electron chi connectivity index (χ2n) is 2.64. The number of hydrogen-bond acceptors (Lipinski definition) is 1. The van der Waals surface area contributed by atoms with E-state index in [0.29, 0.717) is 0 Å². The van der Waals surface area contributed by atoms with Crippen molar-refractivity contribution >= 4 is 0 Å². The van der Waals surface area contributed by atoms with Crippen molar-refractivity contribution in [3.63, 3.8) is 0 Å². The van der Waals surface area contributed by atoms with Crippen LogP contribution in [0.5, 0.6) is 0 Å². The van der Waals surface area contributed by atoms with Gasteiger partial charge in [0.2, 0.25) is 0 Å². The molecule has 0 aliphatic heterocycles. The maximum absolute atomic E-state index is 3.84. The minimum atomic E-state index is 0. The Bertz CT molecular complexity index is 66.6. The van der Waals surface area contributed by atoms with Gasteiger partial charge in [0.1, 0.15) is 0 Å². The van der Waals surface area contributed by atoms with Gasteiger partial charge in [-0.05, 0) is 26.1 Å². The van der Waals surface area contributed by atoms with Gasteiger partial charge >= 0.3 is 18.9 Å². The fourth-order valence-corrected chi connectivity index (χ4v) is 1.03. The van der Waals surface area contributed by atoms with Gasteiger partial charge in [-0.25, -0.2) is 0 Å². The summed E-state index contributed by atoms with van der Waals surface area (Å²) in [7, 11) is 0. The predicted octanol–water partition coefficient (Wildman–Crippen LogP) is -0.663. The molecule has 0 saturated heterocycles. The van der Waals surface area contributed by atoms with E-state index in [-0.39, 0.29) is 18.9 Å². The molecule has 0 amide bonds. The van der Waals surface area contributed by atoms with E-state index < -0.39 is 0 Å². The molecule has 11 heavy (non-hydrogen) atoms. The Morgan fingerprint density at radius 3 is 2.18 bits per heavy atom. The van der Waals surface area contributed by atoms with Crippen LogP contribution in [0.1, 0.15) is 33.1 Å². The van der Waals surface area contributed by atoms with Gasteiger partial charge in [-0.2, -0.15) is 6.42 Å². The fraction of sp³-hybridized carbons (Fsp3) is 0.889. The van der Waals surface area contributed by atoms with Crippen LogP contribution >= 0.6 is 0 Å².